The number of oxime groups is 1. The van der Waals surface area contributed by atoms with Gasteiger partial charge in [-0.2, -0.15) is 11.8 Å². The van der Waals surface area contributed by atoms with E-state index in [1.165, 1.54) is 5.56 Å². The zero-order valence-corrected chi connectivity index (χ0v) is 33.2. The zero-order chi connectivity index (χ0) is 38.8. The number of nitrogens with zero attached hydrogens (tertiary/aromatic N) is 2. The Hall–Kier alpha value is -3.96. The third kappa shape index (κ3) is 9.71. The van der Waals surface area contributed by atoms with Gasteiger partial charge in [-0.1, -0.05) is 42.3 Å². The minimum atomic E-state index is -1.05. The molecule has 0 bridgehead atoms. The molecule has 2 aromatic carbocycles. The summed E-state index contributed by atoms with van der Waals surface area (Å²) in [6.07, 6.45) is 15.1. The van der Waals surface area contributed by atoms with Gasteiger partial charge in [0.05, 0.1) is 23.5 Å². The van der Waals surface area contributed by atoms with E-state index >= 15 is 0 Å². The van der Waals surface area contributed by atoms with Gasteiger partial charge in [0.15, 0.2) is 0 Å². The van der Waals surface area contributed by atoms with Crippen molar-refractivity contribution >= 4 is 23.8 Å². The third-order valence-electron chi connectivity index (χ3n) is 10.7. The molecule has 294 valence electrons. The second kappa shape index (κ2) is 18.8. The number of aryl methyl sites for hydroxylation is 1. The maximum absolute atomic E-state index is 11.6. The first-order valence-electron chi connectivity index (χ1n) is 19.7. The summed E-state index contributed by atoms with van der Waals surface area (Å²) in [5.74, 6) is 1.83. The van der Waals surface area contributed by atoms with E-state index in [2.05, 4.69) is 35.8 Å². The Kier molecular flexibility index (Phi) is 13.9. The summed E-state index contributed by atoms with van der Waals surface area (Å²) < 4.78 is 20.8. The molecule has 2 heterocycles. The molecule has 3 aromatic rings. The second-order valence-electron chi connectivity index (χ2n) is 15.7. The molecule has 1 fully saturated rings. The molecule has 6 atom stereocenters. The van der Waals surface area contributed by atoms with Gasteiger partial charge in [0.25, 0.3) is 0 Å². The lowest BCUT2D eigenvalue weighted by molar-refractivity contribution is -0.223. The highest BCUT2D eigenvalue weighted by atomic mass is 32.2. The highest BCUT2D eigenvalue weighted by Gasteiger charge is 2.64. The average molecular weight is 769 g/mol. The van der Waals surface area contributed by atoms with Gasteiger partial charge >= 0.3 is 0 Å². The predicted molar refractivity (Wildman–Crippen MR) is 218 cm³/mol. The van der Waals surface area contributed by atoms with E-state index in [0.717, 1.165) is 73.2 Å². The third-order valence-corrected chi connectivity index (χ3v) is 12.1. The smallest absolute Gasteiger partial charge is 0.230 e. The normalized spacial score (nSPS) is 24.9. The van der Waals surface area contributed by atoms with Gasteiger partial charge in [0.2, 0.25) is 5.79 Å². The first-order valence-corrected chi connectivity index (χ1v) is 20.7. The standard InChI is InChI=1S/C45H56N2O7S/c1-5-24-51-45-41(55-25-19-31-17-20-46-21-18-31)29-39(47-54-44(2,3)4)37-27-33(12-6-8-22-48)36(14-7-9-23-49)42(43(37)45)38-28-35(15-16-40(38)53-45)52-34-13-10-11-32(26-34)30-50/h5,10-11,13,15-18,20-21,26-28,30,33,36,41-43,48-49H,1,6-9,12,14,19,22-25,29H2,2-4H3/t33-,36+,41-,42+,43+,45+/m0/s1. The minimum Gasteiger partial charge on any atom is -0.460 e. The Morgan fingerprint density at radius 2 is 1.78 bits per heavy atom. The number of carbonyl (C=O) groups is 1. The topological polar surface area (TPSA) is 120 Å². The number of aldehydes is 1. The molecule has 6 rings (SSSR count). The summed E-state index contributed by atoms with van der Waals surface area (Å²) in [7, 11) is 0. The van der Waals surface area contributed by atoms with Crippen molar-refractivity contribution < 1.29 is 34.1 Å². The van der Waals surface area contributed by atoms with E-state index in [-0.39, 0.29) is 42.1 Å². The molecular weight excluding hydrogens is 713 g/mol. The van der Waals surface area contributed by atoms with Gasteiger partial charge in [0.1, 0.15) is 29.1 Å². The predicted octanol–water partition coefficient (Wildman–Crippen LogP) is 9.09. The van der Waals surface area contributed by atoms with E-state index in [1.54, 1.807) is 18.2 Å². The lowest BCUT2D eigenvalue weighted by Gasteiger charge is -2.58. The largest absolute Gasteiger partial charge is 0.460 e. The number of pyridine rings is 1. The van der Waals surface area contributed by atoms with Crippen LogP contribution in [0.4, 0.5) is 0 Å². The molecule has 1 aliphatic heterocycles. The Morgan fingerprint density at radius 1 is 1.02 bits per heavy atom. The van der Waals surface area contributed by atoms with Gasteiger partial charge in [0, 0.05) is 49.1 Å². The van der Waals surface area contributed by atoms with Crippen LogP contribution in [0.5, 0.6) is 17.2 Å². The summed E-state index contributed by atoms with van der Waals surface area (Å²) in [6.45, 7) is 10.7. The molecule has 3 aliphatic rings. The number of aliphatic hydroxyl groups excluding tert-OH is 2. The van der Waals surface area contributed by atoms with E-state index in [1.807, 2.05) is 69.2 Å². The number of aliphatic hydroxyl groups is 2. The van der Waals surface area contributed by atoms with Crippen molar-refractivity contribution in [1.29, 1.82) is 0 Å². The maximum atomic E-state index is 11.6. The number of thioether (sulfide) groups is 1. The van der Waals surface area contributed by atoms with E-state index < -0.39 is 11.4 Å². The number of unbranched alkanes of at least 4 members (excludes halogenated alkanes) is 2. The van der Waals surface area contributed by atoms with Crippen LogP contribution >= 0.6 is 11.8 Å². The molecule has 9 nitrogen and oxygen atoms in total. The molecule has 0 saturated heterocycles. The van der Waals surface area contributed by atoms with Crippen LogP contribution in [0.1, 0.15) is 93.1 Å². The van der Waals surface area contributed by atoms with Crippen LogP contribution in [0.15, 0.2) is 96.5 Å². The molecule has 10 heteroatoms. The van der Waals surface area contributed by atoms with Crippen LogP contribution in [0.3, 0.4) is 0 Å². The number of hydrogen-bond donors (Lipinski definition) is 2. The van der Waals surface area contributed by atoms with Crippen molar-refractivity contribution in [2.45, 2.75) is 94.7 Å². The van der Waals surface area contributed by atoms with Crippen molar-refractivity contribution in [2.75, 3.05) is 25.6 Å². The summed E-state index contributed by atoms with van der Waals surface area (Å²) in [5, 5.41) is 24.5. The van der Waals surface area contributed by atoms with E-state index in [9.17, 15) is 15.0 Å². The SMILES string of the molecule is C=CCO[C@@]12Oc3ccc(Oc4cccc(C=O)c4)cc3[C@H]3[C@H](CCCCO)[C@@H](CCCCO)C=C(C(=NOC(C)(C)C)C[C@@H]1SCCc1ccncc1)[C@H]32. The molecular formula is C45H56N2O7S. The molecule has 1 saturated carbocycles. The zero-order valence-electron chi connectivity index (χ0n) is 32.4. The summed E-state index contributed by atoms with van der Waals surface area (Å²) in [6, 6.07) is 17.3. The van der Waals surface area contributed by atoms with E-state index in [4.69, 9.17) is 24.2 Å². The summed E-state index contributed by atoms with van der Waals surface area (Å²) in [4.78, 5) is 22.0. The van der Waals surface area contributed by atoms with Gasteiger partial charge < -0.3 is 29.3 Å². The average Bonchev–Trinajstić information content (AvgIpc) is 3.18. The molecule has 0 spiro atoms. The Bertz CT molecular complexity index is 1810. The van der Waals surface area contributed by atoms with Crippen molar-refractivity contribution in [3.63, 3.8) is 0 Å². The molecule has 1 aromatic heterocycles. The fourth-order valence-electron chi connectivity index (χ4n) is 8.39. The van der Waals surface area contributed by atoms with Crippen LogP contribution in [-0.2, 0) is 16.0 Å². The molecule has 0 unspecified atom stereocenters. The Balaban J connectivity index is 1.52. The molecule has 2 aliphatic carbocycles. The fraction of sp³-hybridized carbons (Fsp3) is 0.489. The van der Waals surface area contributed by atoms with Crippen LogP contribution in [0.2, 0.25) is 0 Å². The van der Waals surface area contributed by atoms with Crippen LogP contribution < -0.4 is 9.47 Å². The van der Waals surface area contributed by atoms with Crippen molar-refractivity contribution in [1.82, 2.24) is 4.98 Å². The Labute approximate surface area is 330 Å². The van der Waals surface area contributed by atoms with Gasteiger partial charge in [-0.15, -0.1) is 6.58 Å². The second-order valence-corrected chi connectivity index (χ2v) is 17.0. The van der Waals surface area contributed by atoms with E-state index in [0.29, 0.717) is 36.5 Å². The molecule has 2 N–H and O–H groups in total. The van der Waals surface area contributed by atoms with Gasteiger partial charge in [-0.25, -0.2) is 0 Å². The Morgan fingerprint density at radius 3 is 2.51 bits per heavy atom. The number of carbonyl (C=O) groups excluding carboxylic acids is 1. The number of hydrogen-bond acceptors (Lipinski definition) is 10. The number of benzene rings is 2. The molecule has 0 amide bonds. The molecule has 55 heavy (non-hydrogen) atoms. The van der Waals surface area contributed by atoms with Crippen LogP contribution in [0, 0.1) is 17.8 Å². The quantitative estimate of drug-likeness (QED) is 0.0533. The summed E-state index contributed by atoms with van der Waals surface area (Å²) >= 11 is 1.84. The highest BCUT2D eigenvalue weighted by Crippen LogP contribution is 2.62. The maximum Gasteiger partial charge on any atom is 0.230 e. The lowest BCUT2D eigenvalue weighted by atomic mass is 9.56. The van der Waals surface area contributed by atoms with Crippen molar-refractivity contribution in [3.8, 4) is 17.2 Å². The summed E-state index contributed by atoms with van der Waals surface area (Å²) in [5.41, 5.74) is 4.31. The van der Waals surface area contributed by atoms with Gasteiger partial charge in [-0.05, 0) is 124 Å². The highest BCUT2D eigenvalue weighted by molar-refractivity contribution is 8.00. The number of ether oxygens (including phenoxy) is 3. The first kappa shape index (κ1) is 40.7. The number of aromatic nitrogens is 1. The number of fused-ring (bicyclic) bond motifs is 2. The van der Waals surface area contributed by atoms with Crippen molar-refractivity contribution in [3.05, 3.63) is 108 Å². The number of rotatable bonds is 19. The van der Waals surface area contributed by atoms with Crippen LogP contribution in [0.25, 0.3) is 0 Å². The minimum absolute atomic E-state index is 0.0559. The van der Waals surface area contributed by atoms with Crippen LogP contribution in [-0.4, -0.2) is 69.4 Å². The first-order chi connectivity index (χ1) is 26.7. The fourth-order valence-corrected chi connectivity index (χ4v) is 9.80. The monoisotopic (exact) mass is 768 g/mol. The van der Waals surface area contributed by atoms with Gasteiger partial charge in [-0.3, -0.25) is 9.78 Å². The lowest BCUT2D eigenvalue weighted by Crippen LogP contribution is -2.64. The van der Waals surface area contributed by atoms with Crippen molar-refractivity contribution in [2.24, 2.45) is 22.9 Å². The number of allylic oxidation sites excluding steroid dienone is 1. The molecule has 0 radical (unpaired) electrons.